The summed E-state index contributed by atoms with van der Waals surface area (Å²) in [6.07, 6.45) is 3.49. The monoisotopic (exact) mass is 342 g/mol. The van der Waals surface area contributed by atoms with Gasteiger partial charge in [-0.1, -0.05) is 44.2 Å². The maximum absolute atomic E-state index is 12.4. The summed E-state index contributed by atoms with van der Waals surface area (Å²) < 4.78 is 4.13. The van der Waals surface area contributed by atoms with E-state index < -0.39 is 0 Å². The summed E-state index contributed by atoms with van der Waals surface area (Å²) in [7, 11) is 0. The summed E-state index contributed by atoms with van der Waals surface area (Å²) in [4.78, 5) is 12.6. The first kappa shape index (κ1) is 19.2. The molecule has 1 aromatic heterocycles. The Hall–Kier alpha value is -0.840. The van der Waals surface area contributed by atoms with E-state index in [2.05, 4.69) is 26.8 Å². The Bertz CT molecular complexity index is 618. The number of benzene rings is 1. The number of halogens is 1. The van der Waals surface area contributed by atoms with E-state index in [-0.39, 0.29) is 17.3 Å². The lowest BCUT2D eigenvalue weighted by molar-refractivity contribution is -0.949. The SMILES string of the molecule is CCC[N+](CCC)(CCC)Cn1c(=O)sc2ccccc21.[Cl-]. The second-order valence-corrected chi connectivity index (χ2v) is 6.91. The highest BCUT2D eigenvalue weighted by Crippen LogP contribution is 2.20. The lowest BCUT2D eigenvalue weighted by Gasteiger charge is -2.38. The quantitative estimate of drug-likeness (QED) is 0.658. The fraction of sp³-hybridized carbons (Fsp3) is 0.588. The molecule has 1 heterocycles. The highest BCUT2D eigenvalue weighted by molar-refractivity contribution is 7.16. The molecule has 0 saturated heterocycles. The van der Waals surface area contributed by atoms with Crippen molar-refractivity contribution in [2.24, 2.45) is 0 Å². The van der Waals surface area contributed by atoms with Crippen molar-refractivity contribution in [1.82, 2.24) is 4.57 Å². The van der Waals surface area contributed by atoms with Gasteiger partial charge in [0.2, 0.25) is 0 Å². The van der Waals surface area contributed by atoms with Gasteiger partial charge in [0, 0.05) is 0 Å². The average Bonchev–Trinajstić information content (AvgIpc) is 2.76. The molecule has 0 spiro atoms. The van der Waals surface area contributed by atoms with Crippen molar-refractivity contribution in [1.29, 1.82) is 0 Å². The number of thiazole rings is 1. The van der Waals surface area contributed by atoms with Crippen LogP contribution in [0.15, 0.2) is 29.1 Å². The summed E-state index contributed by atoms with van der Waals surface area (Å²) in [5, 5.41) is 0. The molecule has 0 aliphatic rings. The van der Waals surface area contributed by atoms with Gasteiger partial charge >= 0.3 is 4.87 Å². The lowest BCUT2D eigenvalue weighted by Crippen LogP contribution is -3.00. The first-order valence-electron chi connectivity index (χ1n) is 8.09. The molecule has 0 aliphatic carbocycles. The number of hydrogen-bond donors (Lipinski definition) is 0. The molecule has 0 atom stereocenters. The Morgan fingerprint density at radius 1 is 1.00 bits per heavy atom. The van der Waals surface area contributed by atoms with Gasteiger partial charge in [-0.2, -0.15) is 0 Å². The number of para-hydroxylation sites is 1. The van der Waals surface area contributed by atoms with E-state index in [0.29, 0.717) is 0 Å². The molecule has 0 saturated carbocycles. The standard InChI is InChI=1S/C17H27N2OS.ClH/c1-4-11-19(12-5-2,13-6-3)14-18-15-9-7-8-10-16(15)21-17(18)20;/h7-10H,4-6,11-14H2,1-3H3;1H/q+1;/p-1. The van der Waals surface area contributed by atoms with Gasteiger partial charge in [0.15, 0.2) is 6.67 Å². The summed E-state index contributed by atoms with van der Waals surface area (Å²) in [5.74, 6) is 0. The van der Waals surface area contributed by atoms with Crippen LogP contribution >= 0.6 is 11.3 Å². The van der Waals surface area contributed by atoms with E-state index in [4.69, 9.17) is 0 Å². The highest BCUT2D eigenvalue weighted by Gasteiger charge is 2.26. The van der Waals surface area contributed by atoms with Gasteiger partial charge in [-0.25, -0.2) is 0 Å². The van der Waals surface area contributed by atoms with E-state index >= 15 is 0 Å². The van der Waals surface area contributed by atoms with Crippen LogP contribution < -0.4 is 17.3 Å². The zero-order valence-corrected chi connectivity index (χ0v) is 15.4. The summed E-state index contributed by atoms with van der Waals surface area (Å²) in [5.41, 5.74) is 1.10. The van der Waals surface area contributed by atoms with Crippen LogP contribution in [0.2, 0.25) is 0 Å². The Balaban J connectivity index is 0.00000242. The molecule has 0 unspecified atom stereocenters. The van der Waals surface area contributed by atoms with Gasteiger partial charge in [-0.15, -0.1) is 0 Å². The zero-order valence-electron chi connectivity index (χ0n) is 13.8. The number of aromatic nitrogens is 1. The Morgan fingerprint density at radius 2 is 1.55 bits per heavy atom. The molecular formula is C17H27ClN2OS. The molecule has 2 aromatic rings. The van der Waals surface area contributed by atoms with Gasteiger partial charge in [-0.05, 0) is 31.4 Å². The largest absolute Gasteiger partial charge is 1.00 e. The van der Waals surface area contributed by atoms with E-state index in [1.165, 1.54) is 11.3 Å². The van der Waals surface area contributed by atoms with E-state index in [1.807, 2.05) is 22.8 Å². The summed E-state index contributed by atoms with van der Waals surface area (Å²) >= 11 is 1.37. The predicted molar refractivity (Wildman–Crippen MR) is 91.8 cm³/mol. The van der Waals surface area contributed by atoms with Crippen molar-refractivity contribution >= 4 is 21.6 Å². The molecule has 0 amide bonds. The van der Waals surface area contributed by atoms with Crippen molar-refractivity contribution in [2.45, 2.75) is 46.7 Å². The number of fused-ring (bicyclic) bond motifs is 1. The minimum absolute atomic E-state index is 0. The number of nitrogens with zero attached hydrogens (tertiary/aromatic N) is 2. The van der Waals surface area contributed by atoms with Gasteiger partial charge in [-0.3, -0.25) is 9.36 Å². The van der Waals surface area contributed by atoms with Crippen molar-refractivity contribution in [2.75, 3.05) is 19.6 Å². The van der Waals surface area contributed by atoms with Gasteiger partial charge in [0.05, 0.1) is 29.9 Å². The van der Waals surface area contributed by atoms with Crippen LogP contribution in [0.25, 0.3) is 10.2 Å². The second-order valence-electron chi connectivity index (χ2n) is 5.92. The predicted octanol–water partition coefficient (Wildman–Crippen LogP) is 1.07. The highest BCUT2D eigenvalue weighted by atomic mass is 35.5. The van der Waals surface area contributed by atoms with Crippen LogP contribution in [-0.4, -0.2) is 28.7 Å². The average molecular weight is 343 g/mol. The van der Waals surface area contributed by atoms with Crippen molar-refractivity contribution in [3.63, 3.8) is 0 Å². The molecule has 0 fully saturated rings. The van der Waals surface area contributed by atoms with E-state index in [1.54, 1.807) is 0 Å². The molecule has 5 heteroatoms. The fourth-order valence-corrected chi connectivity index (χ4v) is 4.30. The fourth-order valence-electron chi connectivity index (χ4n) is 3.42. The van der Waals surface area contributed by atoms with Crippen LogP contribution in [0.4, 0.5) is 0 Å². The maximum atomic E-state index is 12.4. The molecule has 1 aromatic carbocycles. The molecule has 0 aliphatic heterocycles. The van der Waals surface area contributed by atoms with Gasteiger partial charge in [0.1, 0.15) is 0 Å². The molecule has 3 nitrogen and oxygen atoms in total. The number of rotatable bonds is 8. The second kappa shape index (κ2) is 8.70. The van der Waals surface area contributed by atoms with Crippen LogP contribution in [-0.2, 0) is 6.67 Å². The van der Waals surface area contributed by atoms with Crippen LogP contribution in [0.3, 0.4) is 0 Å². The molecule has 22 heavy (non-hydrogen) atoms. The van der Waals surface area contributed by atoms with Crippen molar-refractivity contribution in [3.8, 4) is 0 Å². The van der Waals surface area contributed by atoms with Gasteiger partial charge < -0.3 is 16.9 Å². The molecule has 0 radical (unpaired) electrons. The first-order chi connectivity index (χ1) is 10.2. The van der Waals surface area contributed by atoms with Crippen LogP contribution in [0.5, 0.6) is 0 Å². The molecule has 0 N–H and O–H groups in total. The minimum atomic E-state index is 0. The molecular weight excluding hydrogens is 316 g/mol. The minimum Gasteiger partial charge on any atom is -1.00 e. The van der Waals surface area contributed by atoms with E-state index in [9.17, 15) is 4.79 Å². The lowest BCUT2D eigenvalue weighted by atomic mass is 10.2. The van der Waals surface area contributed by atoms with Crippen LogP contribution in [0.1, 0.15) is 40.0 Å². The topological polar surface area (TPSA) is 22.0 Å². The molecule has 124 valence electrons. The number of quaternary nitrogens is 1. The Kier molecular flexibility index (Phi) is 7.60. The third kappa shape index (κ3) is 4.12. The smallest absolute Gasteiger partial charge is 0.312 e. The Labute approximate surface area is 143 Å². The Morgan fingerprint density at radius 3 is 2.09 bits per heavy atom. The molecule has 2 rings (SSSR count). The van der Waals surface area contributed by atoms with Crippen molar-refractivity contribution < 1.29 is 16.9 Å². The van der Waals surface area contributed by atoms with Crippen LogP contribution in [0, 0.1) is 0 Å². The van der Waals surface area contributed by atoms with E-state index in [0.717, 1.165) is 60.3 Å². The summed E-state index contributed by atoms with van der Waals surface area (Å²) in [6.45, 7) is 11.0. The normalized spacial score (nSPS) is 11.6. The van der Waals surface area contributed by atoms with Gasteiger partial charge in [0.25, 0.3) is 0 Å². The van der Waals surface area contributed by atoms with Crippen molar-refractivity contribution in [3.05, 3.63) is 33.9 Å². The maximum Gasteiger partial charge on any atom is 0.312 e. The summed E-state index contributed by atoms with van der Waals surface area (Å²) in [6, 6.07) is 8.16. The third-order valence-electron chi connectivity index (χ3n) is 4.11. The molecule has 0 bridgehead atoms. The zero-order chi connectivity index (χ0) is 15.3. The number of hydrogen-bond acceptors (Lipinski definition) is 2. The first-order valence-corrected chi connectivity index (χ1v) is 8.91. The third-order valence-corrected chi connectivity index (χ3v) is 5.07.